The molecule has 1 aliphatic rings. The zero-order chi connectivity index (χ0) is 19.6. The lowest BCUT2D eigenvalue weighted by molar-refractivity contribution is -0.124. The van der Waals surface area contributed by atoms with Gasteiger partial charge >= 0.3 is 0 Å². The molecule has 2 rings (SSSR count). The summed E-state index contributed by atoms with van der Waals surface area (Å²) in [6.07, 6.45) is 7.53. The lowest BCUT2D eigenvalue weighted by Crippen LogP contribution is -2.44. The first-order valence-corrected chi connectivity index (χ1v) is 10.6. The largest absolute Gasteiger partial charge is 0.371 e. The van der Waals surface area contributed by atoms with Gasteiger partial charge in [-0.15, -0.1) is 0 Å². The van der Waals surface area contributed by atoms with E-state index >= 15 is 0 Å². The van der Waals surface area contributed by atoms with Gasteiger partial charge in [-0.25, -0.2) is 18.2 Å². The molecule has 1 aliphatic heterocycles. The number of piperidine rings is 1. The zero-order valence-corrected chi connectivity index (χ0v) is 16.6. The minimum atomic E-state index is -2.56. The third-order valence-corrected chi connectivity index (χ3v) is 5.83. The molecule has 150 valence electrons. The number of carbonyl (C=O) groups is 1. The topological polar surface area (TPSA) is 89.9 Å². The quantitative estimate of drug-likeness (QED) is 0.196. The second-order valence-electron chi connectivity index (χ2n) is 6.69. The first-order valence-electron chi connectivity index (χ1n) is 9.44. The van der Waals surface area contributed by atoms with E-state index < -0.39 is 16.8 Å². The van der Waals surface area contributed by atoms with Gasteiger partial charge in [0.1, 0.15) is 0 Å². The van der Waals surface area contributed by atoms with Gasteiger partial charge in [0.05, 0.1) is 0 Å². The van der Waals surface area contributed by atoms with Crippen LogP contribution in [0.2, 0.25) is 0 Å². The average Bonchev–Trinajstić information content (AvgIpc) is 2.69. The highest BCUT2D eigenvalue weighted by atomic mass is 32.2. The number of unbranched alkanes of at least 4 members (excludes halogenated alkanes) is 2. The molecule has 0 atom stereocenters. The molecule has 0 radical (unpaired) electrons. The molecule has 0 spiro atoms. The van der Waals surface area contributed by atoms with Crippen LogP contribution >= 0.6 is 0 Å². The maximum atomic E-state index is 11.7. The number of amides is 1. The number of nitrogens with one attached hydrogen (secondary N) is 1. The van der Waals surface area contributed by atoms with Crippen molar-refractivity contribution in [2.45, 2.75) is 45.1 Å². The molecule has 0 aromatic heterocycles. The number of anilines is 1. The van der Waals surface area contributed by atoms with Gasteiger partial charge in [-0.1, -0.05) is 38.0 Å². The van der Waals surface area contributed by atoms with E-state index in [-0.39, 0.29) is 6.04 Å². The van der Waals surface area contributed by atoms with Crippen molar-refractivity contribution in [1.29, 1.82) is 0 Å². The molecular weight excluding hydrogens is 366 g/mol. The zero-order valence-electron chi connectivity index (χ0n) is 15.7. The third-order valence-electron chi connectivity index (χ3n) is 4.89. The minimum Gasteiger partial charge on any atom is -0.371 e. The summed E-state index contributed by atoms with van der Waals surface area (Å²) in [5.41, 5.74) is 3.47. The normalized spacial score (nSPS) is 15.8. The predicted octanol–water partition coefficient (Wildman–Crippen LogP) is 2.19. The fraction of sp³-hybridized carbons (Fsp3) is 0.526. The number of nitrogens with zero attached hydrogens (tertiary/aromatic N) is 2. The minimum absolute atomic E-state index is 0.0575. The van der Waals surface area contributed by atoms with Crippen molar-refractivity contribution in [1.82, 2.24) is 9.79 Å². The summed E-state index contributed by atoms with van der Waals surface area (Å²) >= 11 is 0. The molecule has 0 unspecified atom stereocenters. The van der Waals surface area contributed by atoms with Gasteiger partial charge in [0.2, 0.25) is 10.9 Å². The summed E-state index contributed by atoms with van der Waals surface area (Å²) in [6.45, 7) is 4.23. The van der Waals surface area contributed by atoms with Crippen LogP contribution in [-0.4, -0.2) is 49.5 Å². The van der Waals surface area contributed by atoms with Crippen LogP contribution in [0.3, 0.4) is 0 Å². The van der Waals surface area contributed by atoms with Crippen LogP contribution in [0.5, 0.6) is 0 Å². The molecule has 1 heterocycles. The Hall–Kier alpha value is -1.90. The van der Waals surface area contributed by atoms with Crippen molar-refractivity contribution in [3.8, 4) is 0 Å². The number of carbonyl (C=O) groups excluding carboxylic acids is 1. The molecular formula is C19H29N3O4S. The van der Waals surface area contributed by atoms with E-state index in [1.54, 1.807) is 15.9 Å². The Bertz CT molecular complexity index is 705. The number of para-hydroxylation sites is 1. The first kappa shape index (κ1) is 21.4. The number of hydrogen-bond acceptors (Lipinski definition) is 5. The molecule has 1 saturated heterocycles. The van der Waals surface area contributed by atoms with Crippen molar-refractivity contribution in [3.63, 3.8) is 0 Å². The molecule has 1 fully saturated rings. The van der Waals surface area contributed by atoms with Crippen molar-refractivity contribution in [2.24, 2.45) is 0 Å². The molecule has 27 heavy (non-hydrogen) atoms. The van der Waals surface area contributed by atoms with E-state index in [1.807, 2.05) is 24.3 Å². The lowest BCUT2D eigenvalue weighted by atomic mass is 10.0. The standard InChI is InChI=1S/C19H29N3O4S/c1-2-3-6-13-22(27(25)26)17-11-14-21(15-12-17)18-8-5-4-7-16(18)9-10-19(23)20-24/h4-5,7-10,17,24,27H,2-3,6,11-15H2,1H3,(H,20,23)/b10-9+. The van der Waals surface area contributed by atoms with Gasteiger partial charge in [0.15, 0.2) is 0 Å². The monoisotopic (exact) mass is 395 g/mol. The maximum Gasteiger partial charge on any atom is 0.267 e. The van der Waals surface area contributed by atoms with E-state index in [2.05, 4.69) is 11.8 Å². The van der Waals surface area contributed by atoms with Crippen LogP contribution < -0.4 is 10.4 Å². The van der Waals surface area contributed by atoms with Crippen LogP contribution in [0, 0.1) is 0 Å². The lowest BCUT2D eigenvalue weighted by Gasteiger charge is -2.37. The molecule has 2 N–H and O–H groups in total. The number of hydroxylamine groups is 1. The molecule has 7 nitrogen and oxygen atoms in total. The second-order valence-corrected chi connectivity index (χ2v) is 7.68. The average molecular weight is 396 g/mol. The highest BCUT2D eigenvalue weighted by molar-refractivity contribution is 7.69. The number of rotatable bonds is 9. The van der Waals surface area contributed by atoms with Gasteiger partial charge in [-0.05, 0) is 37.0 Å². The summed E-state index contributed by atoms with van der Waals surface area (Å²) < 4.78 is 25.0. The number of hydrogen-bond donors (Lipinski definition) is 3. The fourth-order valence-electron chi connectivity index (χ4n) is 3.45. The van der Waals surface area contributed by atoms with Crippen molar-refractivity contribution in [2.75, 3.05) is 24.5 Å². The van der Waals surface area contributed by atoms with Crippen LogP contribution in [0.15, 0.2) is 30.3 Å². The Labute approximate surface area is 162 Å². The van der Waals surface area contributed by atoms with Crippen molar-refractivity contribution < 1.29 is 18.4 Å². The second kappa shape index (κ2) is 11.1. The molecule has 1 aromatic carbocycles. The number of thiol groups is 1. The molecule has 1 aromatic rings. The summed E-state index contributed by atoms with van der Waals surface area (Å²) in [5.74, 6) is -0.578. The molecule has 0 saturated carbocycles. The third kappa shape index (κ3) is 6.34. The van der Waals surface area contributed by atoms with E-state index in [0.29, 0.717) is 6.54 Å². The molecule has 0 aliphatic carbocycles. The Kier molecular flexibility index (Phi) is 8.77. The van der Waals surface area contributed by atoms with E-state index in [4.69, 9.17) is 5.21 Å². The van der Waals surface area contributed by atoms with Gasteiger partial charge in [0, 0.05) is 37.4 Å². The molecule has 0 bridgehead atoms. The van der Waals surface area contributed by atoms with Crippen LogP contribution in [-0.2, 0) is 15.7 Å². The van der Waals surface area contributed by atoms with Gasteiger partial charge in [0.25, 0.3) is 5.91 Å². The van der Waals surface area contributed by atoms with Crippen LogP contribution in [0.25, 0.3) is 6.08 Å². The Morgan fingerprint density at radius 2 is 2.00 bits per heavy atom. The highest BCUT2D eigenvalue weighted by Crippen LogP contribution is 2.27. The van der Waals surface area contributed by atoms with E-state index in [0.717, 1.165) is 56.4 Å². The summed E-state index contributed by atoms with van der Waals surface area (Å²) in [7, 11) is -2.56. The van der Waals surface area contributed by atoms with Crippen LogP contribution in [0.1, 0.15) is 44.6 Å². The SMILES string of the molecule is CCCCCN(C1CCN(c2ccccc2/C=C/C(=O)NO)CC1)[SH](=O)=O. The molecule has 1 amide bonds. The van der Waals surface area contributed by atoms with Crippen molar-refractivity contribution in [3.05, 3.63) is 35.9 Å². The van der Waals surface area contributed by atoms with Crippen molar-refractivity contribution >= 4 is 28.6 Å². The first-order chi connectivity index (χ1) is 13.1. The summed E-state index contributed by atoms with van der Waals surface area (Å²) in [4.78, 5) is 13.5. The Morgan fingerprint density at radius 1 is 1.30 bits per heavy atom. The van der Waals surface area contributed by atoms with Gasteiger partial charge in [-0.3, -0.25) is 10.0 Å². The van der Waals surface area contributed by atoms with E-state index in [9.17, 15) is 13.2 Å². The van der Waals surface area contributed by atoms with Crippen LogP contribution in [0.4, 0.5) is 5.69 Å². The maximum absolute atomic E-state index is 11.7. The Morgan fingerprint density at radius 3 is 2.63 bits per heavy atom. The smallest absolute Gasteiger partial charge is 0.267 e. The number of benzene rings is 1. The predicted molar refractivity (Wildman–Crippen MR) is 107 cm³/mol. The molecule has 8 heteroatoms. The van der Waals surface area contributed by atoms with Gasteiger partial charge < -0.3 is 4.90 Å². The van der Waals surface area contributed by atoms with Gasteiger partial charge in [-0.2, -0.15) is 0 Å². The fourth-order valence-corrected chi connectivity index (χ4v) is 4.25. The summed E-state index contributed by atoms with van der Waals surface area (Å²) in [6, 6.07) is 7.79. The highest BCUT2D eigenvalue weighted by Gasteiger charge is 2.26. The van der Waals surface area contributed by atoms with E-state index in [1.165, 1.54) is 6.08 Å². The Balaban J connectivity index is 2.03. The summed E-state index contributed by atoms with van der Waals surface area (Å²) in [5, 5.41) is 8.62.